The van der Waals surface area contributed by atoms with Crippen LogP contribution in [0.4, 0.5) is 0 Å². The summed E-state index contributed by atoms with van der Waals surface area (Å²) in [6.07, 6.45) is 10.1. The van der Waals surface area contributed by atoms with E-state index in [0.717, 1.165) is 45.7 Å². The fourth-order valence-electron chi connectivity index (χ4n) is 5.26. The molecule has 24 heavy (non-hydrogen) atoms. The fourth-order valence-corrected chi connectivity index (χ4v) is 6.58. The molecule has 6 heteroatoms. The average molecular weight is 409 g/mol. The number of thiophene rings is 1. The number of hydrazine groups is 1. The number of hydrogen-bond donors (Lipinski definition) is 2. The number of carbonyl (C=O) groups excluding carboxylic acids is 2. The van der Waals surface area contributed by atoms with Crippen molar-refractivity contribution in [1.29, 1.82) is 0 Å². The van der Waals surface area contributed by atoms with Crippen molar-refractivity contribution in [3.63, 3.8) is 0 Å². The molecule has 4 aliphatic rings. The number of hydrogen-bond acceptors (Lipinski definition) is 3. The van der Waals surface area contributed by atoms with Crippen molar-refractivity contribution in [1.82, 2.24) is 10.9 Å². The summed E-state index contributed by atoms with van der Waals surface area (Å²) in [5.74, 6) is 1.87. The second kappa shape index (κ2) is 6.30. The highest BCUT2D eigenvalue weighted by molar-refractivity contribution is 9.11. The maximum atomic E-state index is 12.7. The molecule has 0 spiro atoms. The van der Waals surface area contributed by atoms with Crippen LogP contribution in [0.5, 0.6) is 0 Å². The summed E-state index contributed by atoms with van der Waals surface area (Å²) in [5.41, 5.74) is 5.01. The molecule has 1 aromatic heterocycles. The first-order valence-electron chi connectivity index (χ1n) is 8.56. The molecule has 4 aliphatic carbocycles. The number of halogens is 1. The van der Waals surface area contributed by atoms with Crippen LogP contribution in [0.3, 0.4) is 0 Å². The Labute approximate surface area is 154 Å². The molecule has 0 radical (unpaired) electrons. The van der Waals surface area contributed by atoms with E-state index in [1.165, 1.54) is 25.3 Å². The molecule has 0 saturated heterocycles. The highest BCUT2D eigenvalue weighted by Crippen LogP contribution is 2.59. The van der Waals surface area contributed by atoms with Gasteiger partial charge in [-0.15, -0.1) is 11.3 Å². The molecule has 4 fully saturated rings. The molecule has 1 aromatic rings. The van der Waals surface area contributed by atoms with Crippen molar-refractivity contribution in [2.45, 2.75) is 38.5 Å². The van der Waals surface area contributed by atoms with E-state index in [9.17, 15) is 9.59 Å². The zero-order chi connectivity index (χ0) is 16.7. The minimum atomic E-state index is -0.294. The average Bonchev–Trinajstić information content (AvgIpc) is 2.95. The van der Waals surface area contributed by atoms with Gasteiger partial charge < -0.3 is 0 Å². The zero-order valence-corrected chi connectivity index (χ0v) is 15.8. The lowest BCUT2D eigenvalue weighted by molar-refractivity contribution is -0.148. The Morgan fingerprint density at radius 2 is 1.71 bits per heavy atom. The summed E-state index contributed by atoms with van der Waals surface area (Å²) in [6, 6.07) is 3.88. The molecule has 0 atom stereocenters. The summed E-state index contributed by atoms with van der Waals surface area (Å²) < 4.78 is 1.03. The summed E-state index contributed by atoms with van der Waals surface area (Å²) in [4.78, 5) is 25.6. The van der Waals surface area contributed by atoms with Gasteiger partial charge >= 0.3 is 0 Å². The Hall–Kier alpha value is -1.14. The molecule has 1 heterocycles. The van der Waals surface area contributed by atoms with E-state index in [4.69, 9.17) is 0 Å². The van der Waals surface area contributed by atoms with Crippen molar-refractivity contribution < 1.29 is 9.59 Å². The molecule has 128 valence electrons. The van der Waals surface area contributed by atoms with Gasteiger partial charge in [0.15, 0.2) is 0 Å². The van der Waals surface area contributed by atoms with Crippen LogP contribution < -0.4 is 10.9 Å². The normalized spacial score (nSPS) is 33.8. The Kier molecular flexibility index (Phi) is 4.29. The van der Waals surface area contributed by atoms with Gasteiger partial charge in [0.1, 0.15) is 0 Å². The van der Waals surface area contributed by atoms with Crippen LogP contribution in [0.25, 0.3) is 6.08 Å². The van der Waals surface area contributed by atoms with Gasteiger partial charge in [-0.1, -0.05) is 0 Å². The third kappa shape index (κ3) is 3.18. The van der Waals surface area contributed by atoms with Crippen LogP contribution in [0, 0.1) is 23.2 Å². The van der Waals surface area contributed by atoms with E-state index in [0.29, 0.717) is 0 Å². The van der Waals surface area contributed by atoms with Crippen LogP contribution >= 0.6 is 27.3 Å². The van der Waals surface area contributed by atoms with Gasteiger partial charge in [0.2, 0.25) is 5.91 Å². The van der Waals surface area contributed by atoms with Gasteiger partial charge in [-0.3, -0.25) is 20.4 Å². The van der Waals surface area contributed by atoms with Crippen LogP contribution in [0.15, 0.2) is 22.0 Å². The summed E-state index contributed by atoms with van der Waals surface area (Å²) in [5, 5.41) is 0. The number of nitrogens with one attached hydrogen (secondary N) is 2. The highest BCUT2D eigenvalue weighted by atomic mass is 79.9. The Morgan fingerprint density at radius 1 is 1.08 bits per heavy atom. The predicted molar refractivity (Wildman–Crippen MR) is 97.9 cm³/mol. The van der Waals surface area contributed by atoms with Gasteiger partial charge in [0.05, 0.1) is 9.20 Å². The van der Waals surface area contributed by atoms with E-state index in [1.807, 2.05) is 12.1 Å². The summed E-state index contributed by atoms with van der Waals surface area (Å²) in [6.45, 7) is 0. The van der Waals surface area contributed by atoms with Gasteiger partial charge in [-0.25, -0.2) is 0 Å². The SMILES string of the molecule is O=C(/C=C/c1ccc(Br)s1)NNC(=O)C12CC3CC(CC(C3)C1)C2. The van der Waals surface area contributed by atoms with Crippen molar-refractivity contribution in [3.05, 3.63) is 26.9 Å². The third-order valence-corrected chi connectivity index (χ3v) is 7.40. The largest absolute Gasteiger partial charge is 0.273 e. The van der Waals surface area contributed by atoms with E-state index >= 15 is 0 Å². The first-order valence-corrected chi connectivity index (χ1v) is 10.2. The number of rotatable bonds is 3. The van der Waals surface area contributed by atoms with Crippen LogP contribution in [-0.2, 0) is 9.59 Å². The second-order valence-electron chi connectivity index (χ2n) is 7.62. The van der Waals surface area contributed by atoms with Gasteiger partial charge in [-0.05, 0) is 90.4 Å². The molecular formula is C18H21BrN2O2S. The van der Waals surface area contributed by atoms with Crippen LogP contribution in [0.2, 0.25) is 0 Å². The minimum Gasteiger partial charge on any atom is -0.273 e. The van der Waals surface area contributed by atoms with E-state index in [-0.39, 0.29) is 17.2 Å². The Balaban J connectivity index is 1.33. The van der Waals surface area contributed by atoms with Gasteiger partial charge in [-0.2, -0.15) is 0 Å². The number of amides is 2. The first kappa shape index (κ1) is 16.3. The van der Waals surface area contributed by atoms with Crippen molar-refractivity contribution in [2.75, 3.05) is 0 Å². The van der Waals surface area contributed by atoms with Crippen molar-refractivity contribution in [3.8, 4) is 0 Å². The topological polar surface area (TPSA) is 58.2 Å². The lowest BCUT2D eigenvalue weighted by Crippen LogP contribution is -2.56. The summed E-state index contributed by atoms with van der Waals surface area (Å²) >= 11 is 4.95. The maximum absolute atomic E-state index is 12.7. The predicted octanol–water partition coefficient (Wildman–Crippen LogP) is 3.89. The Bertz CT molecular complexity index is 662. The highest BCUT2D eigenvalue weighted by Gasteiger charge is 2.54. The molecule has 4 bridgehead atoms. The first-order chi connectivity index (χ1) is 11.5. The van der Waals surface area contributed by atoms with Gasteiger partial charge in [0.25, 0.3) is 5.91 Å². The van der Waals surface area contributed by atoms with E-state index < -0.39 is 0 Å². The lowest BCUT2D eigenvalue weighted by atomic mass is 9.49. The molecule has 5 rings (SSSR count). The maximum Gasteiger partial charge on any atom is 0.262 e. The molecule has 0 aromatic carbocycles. The van der Waals surface area contributed by atoms with E-state index in [2.05, 4.69) is 26.8 Å². The smallest absolute Gasteiger partial charge is 0.262 e. The third-order valence-electron chi connectivity index (χ3n) is 5.81. The molecule has 2 amide bonds. The Morgan fingerprint density at radius 3 is 2.25 bits per heavy atom. The second-order valence-corrected chi connectivity index (χ2v) is 10.1. The fraction of sp³-hybridized carbons (Fsp3) is 0.556. The van der Waals surface area contributed by atoms with Gasteiger partial charge in [0, 0.05) is 11.0 Å². The van der Waals surface area contributed by atoms with Crippen LogP contribution in [0.1, 0.15) is 43.4 Å². The minimum absolute atomic E-state index is 0.0159. The quantitative estimate of drug-likeness (QED) is 0.588. The standard InChI is InChI=1S/C18H21BrN2O2S/c19-15-3-1-14(24-15)2-4-16(22)20-21-17(23)18-8-11-5-12(9-18)7-13(6-11)10-18/h1-4,11-13H,5-10H2,(H,20,22)(H,21,23)/b4-2+. The van der Waals surface area contributed by atoms with Crippen LogP contribution in [-0.4, -0.2) is 11.8 Å². The lowest BCUT2D eigenvalue weighted by Gasteiger charge is -2.55. The zero-order valence-electron chi connectivity index (χ0n) is 13.4. The molecule has 4 saturated carbocycles. The molecular weight excluding hydrogens is 388 g/mol. The van der Waals surface area contributed by atoms with Crippen molar-refractivity contribution in [2.24, 2.45) is 23.2 Å². The monoisotopic (exact) mass is 408 g/mol. The molecule has 0 aliphatic heterocycles. The van der Waals surface area contributed by atoms with E-state index in [1.54, 1.807) is 17.4 Å². The molecule has 2 N–H and O–H groups in total. The van der Waals surface area contributed by atoms with Crippen molar-refractivity contribution >= 4 is 45.2 Å². The molecule has 4 nitrogen and oxygen atoms in total. The molecule has 0 unspecified atom stereocenters. The number of carbonyl (C=O) groups is 2. The summed E-state index contributed by atoms with van der Waals surface area (Å²) in [7, 11) is 0.